The van der Waals surface area contributed by atoms with Crippen molar-refractivity contribution in [2.24, 2.45) is 0 Å². The number of hydrogen-bond acceptors (Lipinski definition) is 3. The van der Waals surface area contributed by atoms with Gasteiger partial charge in [0.2, 0.25) is 0 Å². The second-order valence-corrected chi connectivity index (χ2v) is 9.13. The largest absolute Gasteiger partial charge is 0.491 e. The van der Waals surface area contributed by atoms with Crippen molar-refractivity contribution in [1.29, 1.82) is 0 Å². The fourth-order valence-corrected chi connectivity index (χ4v) is 3.99. The summed E-state index contributed by atoms with van der Waals surface area (Å²) in [5.74, 6) is 0.275. The minimum atomic E-state index is -0.352. The molecule has 0 aromatic heterocycles. The Kier molecular flexibility index (Phi) is 14.0. The van der Waals surface area contributed by atoms with Crippen molar-refractivity contribution < 1.29 is 18.7 Å². The molecule has 0 aliphatic heterocycles. The zero-order valence-corrected chi connectivity index (χ0v) is 21.3. The van der Waals surface area contributed by atoms with Crippen LogP contribution in [0.1, 0.15) is 104 Å². The van der Waals surface area contributed by atoms with Crippen LogP contribution in [0.2, 0.25) is 0 Å². The Morgan fingerprint density at radius 2 is 1.26 bits per heavy atom. The molecule has 0 unspecified atom stereocenters. The number of unbranched alkanes of at least 4 members (excludes halogenated alkanes) is 11. The monoisotopic (exact) mass is 470 g/mol. The van der Waals surface area contributed by atoms with Gasteiger partial charge in [-0.15, -0.1) is 0 Å². The maximum Gasteiger partial charge on any atom is 0.311 e. The van der Waals surface area contributed by atoms with Gasteiger partial charge in [0.15, 0.2) is 11.6 Å². The Morgan fingerprint density at radius 3 is 1.88 bits per heavy atom. The third-order valence-electron chi connectivity index (χ3n) is 6.09. The number of halogens is 1. The van der Waals surface area contributed by atoms with Gasteiger partial charge in [-0.1, -0.05) is 103 Å². The van der Waals surface area contributed by atoms with Crippen molar-refractivity contribution in [2.45, 2.75) is 104 Å². The summed E-state index contributed by atoms with van der Waals surface area (Å²) in [6.07, 6.45) is 15.7. The molecule has 0 heterocycles. The molecule has 3 nitrogen and oxygen atoms in total. The number of carbonyl (C=O) groups is 1. The Bertz CT molecular complexity index is 816. The lowest BCUT2D eigenvalue weighted by Crippen LogP contribution is -2.07. The Morgan fingerprint density at radius 1 is 0.706 bits per heavy atom. The van der Waals surface area contributed by atoms with Gasteiger partial charge < -0.3 is 9.47 Å². The van der Waals surface area contributed by atoms with Crippen molar-refractivity contribution in [3.63, 3.8) is 0 Å². The molecule has 4 heteroatoms. The molecule has 2 rings (SSSR count). The fourth-order valence-electron chi connectivity index (χ4n) is 3.99. The first kappa shape index (κ1) is 27.9. The molecule has 0 bridgehead atoms. The first-order chi connectivity index (χ1) is 16.6. The molecule has 188 valence electrons. The molecule has 0 fully saturated rings. The van der Waals surface area contributed by atoms with Crippen LogP contribution in [0, 0.1) is 5.82 Å². The van der Waals surface area contributed by atoms with Gasteiger partial charge in [0.1, 0.15) is 5.75 Å². The zero-order valence-electron chi connectivity index (χ0n) is 21.3. The minimum absolute atomic E-state index is 0.197. The minimum Gasteiger partial charge on any atom is -0.491 e. The van der Waals surface area contributed by atoms with Crippen molar-refractivity contribution in [3.05, 3.63) is 48.3 Å². The highest BCUT2D eigenvalue weighted by molar-refractivity contribution is 5.73. The molecule has 0 atom stereocenters. The average Bonchev–Trinajstić information content (AvgIpc) is 2.84. The molecule has 0 saturated carbocycles. The van der Waals surface area contributed by atoms with E-state index in [4.69, 9.17) is 9.47 Å². The van der Waals surface area contributed by atoms with E-state index >= 15 is 0 Å². The van der Waals surface area contributed by atoms with Gasteiger partial charge in [-0.25, -0.2) is 4.39 Å². The van der Waals surface area contributed by atoms with Gasteiger partial charge in [0, 0.05) is 6.42 Å². The first-order valence-electron chi connectivity index (χ1n) is 13.4. The number of carbonyl (C=O) groups excluding carboxylic acids is 1. The third-order valence-corrected chi connectivity index (χ3v) is 6.09. The molecule has 0 spiro atoms. The van der Waals surface area contributed by atoms with Crippen LogP contribution in [0.4, 0.5) is 4.39 Å². The standard InChI is InChI=1S/C30H43FO3/c1-3-5-7-9-11-13-15-23-33-29-22-19-26(24-28(29)31)25-17-20-27(21-18-25)34-30(32)16-14-12-10-8-6-4-2/h17-22,24H,3-16,23H2,1-2H3. The van der Waals surface area contributed by atoms with Crippen LogP contribution in [-0.4, -0.2) is 12.6 Å². The summed E-state index contributed by atoms with van der Waals surface area (Å²) in [6, 6.07) is 12.3. The van der Waals surface area contributed by atoms with E-state index in [1.54, 1.807) is 18.2 Å². The maximum absolute atomic E-state index is 14.5. The predicted octanol–water partition coefficient (Wildman–Crippen LogP) is 9.28. The lowest BCUT2D eigenvalue weighted by Gasteiger charge is -2.10. The van der Waals surface area contributed by atoms with Crippen LogP contribution in [-0.2, 0) is 4.79 Å². The second-order valence-electron chi connectivity index (χ2n) is 9.13. The van der Waals surface area contributed by atoms with E-state index in [0.717, 1.165) is 36.8 Å². The molecule has 0 radical (unpaired) electrons. The van der Waals surface area contributed by atoms with Crippen molar-refractivity contribution >= 4 is 5.97 Å². The van der Waals surface area contributed by atoms with Crippen LogP contribution in [0.3, 0.4) is 0 Å². The van der Waals surface area contributed by atoms with Crippen LogP contribution in [0.5, 0.6) is 11.5 Å². The SMILES string of the molecule is CCCCCCCCCOc1ccc(-c2ccc(OC(=O)CCCCCCCC)cc2)cc1F. The second kappa shape index (κ2) is 17.1. The predicted molar refractivity (Wildman–Crippen MR) is 139 cm³/mol. The molecule has 0 amide bonds. The van der Waals surface area contributed by atoms with Crippen molar-refractivity contribution in [3.8, 4) is 22.6 Å². The summed E-state index contributed by atoms with van der Waals surface area (Å²) < 4.78 is 25.6. The first-order valence-corrected chi connectivity index (χ1v) is 13.4. The van der Waals surface area contributed by atoms with Crippen molar-refractivity contribution in [1.82, 2.24) is 0 Å². The smallest absolute Gasteiger partial charge is 0.311 e. The van der Waals surface area contributed by atoms with E-state index < -0.39 is 0 Å². The van der Waals surface area contributed by atoms with Gasteiger partial charge in [-0.05, 0) is 48.2 Å². The highest BCUT2D eigenvalue weighted by Crippen LogP contribution is 2.27. The Labute approximate surface area is 206 Å². The molecule has 0 aliphatic rings. The molecule has 0 aliphatic carbocycles. The van der Waals surface area contributed by atoms with E-state index in [2.05, 4.69) is 13.8 Å². The highest BCUT2D eigenvalue weighted by Gasteiger charge is 2.08. The summed E-state index contributed by atoms with van der Waals surface area (Å²) in [6.45, 7) is 4.96. The quantitative estimate of drug-likeness (QED) is 0.124. The van der Waals surface area contributed by atoms with E-state index in [1.807, 2.05) is 18.2 Å². The van der Waals surface area contributed by atoms with Crippen LogP contribution >= 0.6 is 0 Å². The zero-order chi connectivity index (χ0) is 24.4. The Hall–Kier alpha value is -2.36. The summed E-state index contributed by atoms with van der Waals surface area (Å²) in [5, 5.41) is 0. The van der Waals surface area contributed by atoms with Crippen LogP contribution in [0.25, 0.3) is 11.1 Å². The Balaban J connectivity index is 1.73. The molecule has 0 saturated heterocycles. The molecule has 2 aromatic rings. The van der Waals surface area contributed by atoms with Crippen LogP contribution < -0.4 is 9.47 Å². The number of ether oxygens (including phenoxy) is 2. The highest BCUT2D eigenvalue weighted by atomic mass is 19.1. The van der Waals surface area contributed by atoms with Gasteiger partial charge >= 0.3 is 5.97 Å². The van der Waals surface area contributed by atoms with Gasteiger partial charge in [-0.2, -0.15) is 0 Å². The van der Waals surface area contributed by atoms with Gasteiger partial charge in [0.25, 0.3) is 0 Å². The molecule has 2 aromatic carbocycles. The number of esters is 1. The number of rotatable bonds is 18. The fraction of sp³-hybridized carbons (Fsp3) is 0.567. The van der Waals surface area contributed by atoms with Crippen molar-refractivity contribution in [2.75, 3.05) is 6.61 Å². The summed E-state index contributed by atoms with van der Waals surface area (Å²) in [5.41, 5.74) is 1.64. The maximum atomic E-state index is 14.5. The van der Waals surface area contributed by atoms with E-state index in [0.29, 0.717) is 24.5 Å². The average molecular weight is 471 g/mol. The molecular weight excluding hydrogens is 427 g/mol. The molecular formula is C30H43FO3. The number of benzene rings is 2. The van der Waals surface area contributed by atoms with E-state index in [-0.39, 0.29) is 11.8 Å². The topological polar surface area (TPSA) is 35.5 Å². The number of hydrogen-bond donors (Lipinski definition) is 0. The molecule has 0 N–H and O–H groups in total. The van der Waals surface area contributed by atoms with Crippen LogP contribution in [0.15, 0.2) is 42.5 Å². The summed E-state index contributed by atoms with van der Waals surface area (Å²) in [7, 11) is 0. The van der Waals surface area contributed by atoms with Gasteiger partial charge in [-0.3, -0.25) is 4.79 Å². The lowest BCUT2D eigenvalue weighted by molar-refractivity contribution is -0.134. The molecule has 34 heavy (non-hydrogen) atoms. The van der Waals surface area contributed by atoms with E-state index in [1.165, 1.54) is 63.9 Å². The van der Waals surface area contributed by atoms with E-state index in [9.17, 15) is 9.18 Å². The van der Waals surface area contributed by atoms with Gasteiger partial charge in [0.05, 0.1) is 6.61 Å². The third kappa shape index (κ3) is 11.2. The lowest BCUT2D eigenvalue weighted by atomic mass is 10.1. The summed E-state index contributed by atoms with van der Waals surface area (Å²) in [4.78, 5) is 12.0. The normalized spacial score (nSPS) is 10.9. The summed E-state index contributed by atoms with van der Waals surface area (Å²) >= 11 is 0.